The minimum atomic E-state index is 0.716. The Balaban J connectivity index is 1.27. The topological polar surface area (TPSA) is 12.0 Å². The zero-order valence-corrected chi connectivity index (χ0v) is 13.5. The van der Waals surface area contributed by atoms with E-state index >= 15 is 0 Å². The molecule has 2 aliphatic rings. The van der Waals surface area contributed by atoms with Gasteiger partial charge in [0.1, 0.15) is 0 Å². The Kier molecular flexibility index (Phi) is 3.60. The molecule has 2 heteroatoms. The van der Waals surface area contributed by atoms with Gasteiger partial charge in [0.15, 0.2) is 0 Å². The molecule has 1 heterocycles. The highest BCUT2D eigenvalue weighted by atomic mass is 32.1. The molecule has 0 unspecified atom stereocenters. The third kappa shape index (κ3) is 2.79. The lowest BCUT2D eigenvalue weighted by Gasteiger charge is -2.36. The van der Waals surface area contributed by atoms with Crippen LogP contribution in [0.1, 0.15) is 51.6 Å². The minimum Gasteiger partial charge on any atom is -0.309 e. The Morgan fingerprint density at radius 3 is 2.71 bits per heavy atom. The molecule has 1 saturated carbocycles. The van der Waals surface area contributed by atoms with Crippen LogP contribution in [-0.4, -0.2) is 6.04 Å². The van der Waals surface area contributed by atoms with E-state index in [4.69, 9.17) is 0 Å². The van der Waals surface area contributed by atoms with Crippen molar-refractivity contribution in [2.24, 2.45) is 0 Å². The van der Waals surface area contributed by atoms with Crippen molar-refractivity contribution in [2.45, 2.75) is 57.5 Å². The SMILES string of the molecule is Cc1ccc(C2CC(NCc3cc4c(s3)CCC4)C2)cc1. The van der Waals surface area contributed by atoms with E-state index in [1.165, 1.54) is 43.2 Å². The van der Waals surface area contributed by atoms with Gasteiger partial charge in [0.05, 0.1) is 0 Å². The molecule has 110 valence electrons. The molecule has 0 bridgehead atoms. The number of fused-ring (bicyclic) bond motifs is 1. The summed E-state index contributed by atoms with van der Waals surface area (Å²) >= 11 is 2.03. The second-order valence-electron chi connectivity index (χ2n) is 6.67. The molecule has 0 saturated heterocycles. The van der Waals surface area contributed by atoms with Crippen LogP contribution in [0.3, 0.4) is 0 Å². The van der Waals surface area contributed by atoms with Gasteiger partial charge in [-0.1, -0.05) is 29.8 Å². The van der Waals surface area contributed by atoms with Crippen molar-refractivity contribution in [3.63, 3.8) is 0 Å². The largest absolute Gasteiger partial charge is 0.309 e. The summed E-state index contributed by atoms with van der Waals surface area (Å²) in [5.41, 5.74) is 4.51. The van der Waals surface area contributed by atoms with Crippen LogP contribution in [0.2, 0.25) is 0 Å². The molecule has 1 nitrogen and oxygen atoms in total. The average molecular weight is 297 g/mol. The molecule has 0 atom stereocenters. The number of hydrogen-bond donors (Lipinski definition) is 1. The zero-order valence-electron chi connectivity index (χ0n) is 12.7. The summed E-state index contributed by atoms with van der Waals surface area (Å²) in [5.74, 6) is 0.774. The van der Waals surface area contributed by atoms with Crippen LogP contribution < -0.4 is 5.32 Å². The Labute approximate surface area is 131 Å². The van der Waals surface area contributed by atoms with Gasteiger partial charge < -0.3 is 5.32 Å². The summed E-state index contributed by atoms with van der Waals surface area (Å²) in [7, 11) is 0. The molecule has 1 aromatic heterocycles. The molecule has 0 amide bonds. The molecule has 2 aliphatic carbocycles. The number of nitrogens with one attached hydrogen (secondary N) is 1. The smallest absolute Gasteiger partial charge is 0.0302 e. The van der Waals surface area contributed by atoms with E-state index in [-0.39, 0.29) is 0 Å². The summed E-state index contributed by atoms with van der Waals surface area (Å²) in [6, 6.07) is 12.2. The van der Waals surface area contributed by atoms with Gasteiger partial charge >= 0.3 is 0 Å². The molecule has 0 spiro atoms. The predicted molar refractivity (Wildman–Crippen MR) is 90.1 cm³/mol. The van der Waals surface area contributed by atoms with Crippen LogP contribution in [0.5, 0.6) is 0 Å². The zero-order chi connectivity index (χ0) is 14.2. The predicted octanol–water partition coefficient (Wildman–Crippen LogP) is 4.58. The maximum Gasteiger partial charge on any atom is 0.0302 e. The van der Waals surface area contributed by atoms with Crippen molar-refractivity contribution in [3.05, 3.63) is 56.8 Å². The lowest BCUT2D eigenvalue weighted by molar-refractivity contribution is 0.290. The van der Waals surface area contributed by atoms with E-state index in [1.807, 2.05) is 11.3 Å². The van der Waals surface area contributed by atoms with Gasteiger partial charge in [-0.05, 0) is 62.1 Å². The van der Waals surface area contributed by atoms with Gasteiger partial charge in [-0.2, -0.15) is 0 Å². The second kappa shape index (κ2) is 5.58. The number of aryl methyl sites for hydroxylation is 3. The van der Waals surface area contributed by atoms with Gasteiger partial charge in [-0.15, -0.1) is 11.3 Å². The molecular weight excluding hydrogens is 274 g/mol. The Morgan fingerprint density at radius 1 is 1.14 bits per heavy atom. The van der Waals surface area contributed by atoms with Crippen LogP contribution in [0.25, 0.3) is 0 Å². The van der Waals surface area contributed by atoms with E-state index < -0.39 is 0 Å². The fourth-order valence-electron chi connectivity index (χ4n) is 3.62. The number of thiophene rings is 1. The number of rotatable bonds is 4. The number of hydrogen-bond acceptors (Lipinski definition) is 2. The maximum absolute atomic E-state index is 3.75. The second-order valence-corrected chi connectivity index (χ2v) is 7.89. The highest BCUT2D eigenvalue weighted by molar-refractivity contribution is 7.12. The van der Waals surface area contributed by atoms with Crippen molar-refractivity contribution < 1.29 is 0 Å². The molecule has 2 aromatic rings. The third-order valence-electron chi connectivity index (χ3n) is 5.05. The third-order valence-corrected chi connectivity index (χ3v) is 6.29. The minimum absolute atomic E-state index is 0.716. The quantitative estimate of drug-likeness (QED) is 0.871. The van der Waals surface area contributed by atoms with E-state index in [0.717, 1.165) is 12.5 Å². The van der Waals surface area contributed by atoms with Crippen LogP contribution in [0.15, 0.2) is 30.3 Å². The average Bonchev–Trinajstić information content (AvgIpc) is 2.99. The molecule has 1 aromatic carbocycles. The van der Waals surface area contributed by atoms with E-state index in [1.54, 1.807) is 15.3 Å². The standard InChI is InChI=1S/C19H23NS/c1-13-5-7-14(8-6-13)16-9-17(10-16)20-12-18-11-15-3-2-4-19(15)21-18/h5-8,11,16-17,20H,2-4,9-10,12H2,1H3. The summed E-state index contributed by atoms with van der Waals surface area (Å²) in [4.78, 5) is 3.19. The Bertz CT molecular complexity index is 598. The first-order valence-corrected chi connectivity index (χ1v) is 9.00. The lowest BCUT2D eigenvalue weighted by atomic mass is 9.76. The molecular formula is C19H23NS. The van der Waals surface area contributed by atoms with Crippen molar-refractivity contribution in [1.29, 1.82) is 0 Å². The van der Waals surface area contributed by atoms with Crippen LogP contribution in [0.4, 0.5) is 0 Å². The van der Waals surface area contributed by atoms with Gasteiger partial charge in [0.25, 0.3) is 0 Å². The van der Waals surface area contributed by atoms with E-state index in [0.29, 0.717) is 6.04 Å². The van der Waals surface area contributed by atoms with Gasteiger partial charge in [0.2, 0.25) is 0 Å². The molecule has 21 heavy (non-hydrogen) atoms. The summed E-state index contributed by atoms with van der Waals surface area (Å²) in [5, 5.41) is 3.75. The van der Waals surface area contributed by atoms with E-state index in [9.17, 15) is 0 Å². The van der Waals surface area contributed by atoms with Gasteiger partial charge in [-0.25, -0.2) is 0 Å². The molecule has 1 N–H and O–H groups in total. The maximum atomic E-state index is 3.75. The normalized spacial score (nSPS) is 23.9. The first-order chi connectivity index (χ1) is 10.3. The highest BCUT2D eigenvalue weighted by Gasteiger charge is 2.29. The van der Waals surface area contributed by atoms with Gasteiger partial charge in [0, 0.05) is 22.3 Å². The summed E-state index contributed by atoms with van der Waals surface area (Å²) in [6.07, 6.45) is 6.60. The fourth-order valence-corrected chi connectivity index (χ4v) is 4.83. The van der Waals surface area contributed by atoms with Crippen molar-refractivity contribution in [2.75, 3.05) is 0 Å². The number of benzene rings is 1. The lowest BCUT2D eigenvalue weighted by Crippen LogP contribution is -2.39. The Morgan fingerprint density at radius 2 is 1.95 bits per heavy atom. The molecule has 0 aliphatic heterocycles. The van der Waals surface area contributed by atoms with Crippen molar-refractivity contribution in [3.8, 4) is 0 Å². The van der Waals surface area contributed by atoms with Crippen LogP contribution in [0, 0.1) is 6.92 Å². The molecule has 0 radical (unpaired) electrons. The molecule has 1 fully saturated rings. The van der Waals surface area contributed by atoms with Crippen molar-refractivity contribution >= 4 is 11.3 Å². The van der Waals surface area contributed by atoms with Crippen LogP contribution in [-0.2, 0) is 19.4 Å². The molecule has 4 rings (SSSR count). The summed E-state index contributed by atoms with van der Waals surface area (Å²) < 4.78 is 0. The first kappa shape index (κ1) is 13.5. The van der Waals surface area contributed by atoms with E-state index in [2.05, 4.69) is 42.6 Å². The summed E-state index contributed by atoms with van der Waals surface area (Å²) in [6.45, 7) is 3.23. The monoisotopic (exact) mass is 297 g/mol. The fraction of sp³-hybridized carbons (Fsp3) is 0.474. The Hall–Kier alpha value is -1.12. The first-order valence-electron chi connectivity index (χ1n) is 8.18. The highest BCUT2D eigenvalue weighted by Crippen LogP contribution is 2.37. The van der Waals surface area contributed by atoms with Gasteiger partial charge in [-0.3, -0.25) is 0 Å². The van der Waals surface area contributed by atoms with Crippen molar-refractivity contribution in [1.82, 2.24) is 5.32 Å². The van der Waals surface area contributed by atoms with Crippen LogP contribution >= 0.6 is 11.3 Å².